The lowest BCUT2D eigenvalue weighted by Crippen LogP contribution is -1.88. The fourth-order valence-corrected chi connectivity index (χ4v) is 2.37. The number of aryl methyl sites for hydroxylation is 2. The van der Waals surface area contributed by atoms with Crippen LogP contribution in [0.15, 0.2) is 60.7 Å². The predicted octanol–water partition coefficient (Wildman–Crippen LogP) is 4.61. The normalized spacial score (nSPS) is 9.33. The number of hydrogen-bond acceptors (Lipinski definition) is 1. The van der Waals surface area contributed by atoms with E-state index in [4.69, 9.17) is 0 Å². The minimum absolute atomic E-state index is 0.269. The molecule has 0 saturated carbocycles. The molecule has 0 fully saturated rings. The highest BCUT2D eigenvalue weighted by molar-refractivity contribution is 6.08. The van der Waals surface area contributed by atoms with Crippen LogP contribution in [0, 0.1) is 23.7 Å². The Morgan fingerprint density at radius 1 is 0.667 bits per heavy atom. The van der Waals surface area contributed by atoms with E-state index in [1.165, 1.54) is 11.1 Å². The molecule has 0 saturated heterocycles. The maximum Gasteiger partial charge on any atom is 0.279 e. The van der Waals surface area contributed by atoms with Gasteiger partial charge in [0, 0.05) is 12.8 Å². The molecule has 120 valence electrons. The standard InChI is InChI=1S/C23H22O/c24-23(19-11-3-9-17-21-13-5-1-6-14-21)20-12-4-10-18-22-15-7-2-8-16-22/h1-2,5-8,13-16H,3-4,9-10,17-18H2. The third kappa shape index (κ3) is 7.48. The summed E-state index contributed by atoms with van der Waals surface area (Å²) in [7, 11) is 0. The zero-order valence-corrected chi connectivity index (χ0v) is 13.9. The van der Waals surface area contributed by atoms with E-state index in [-0.39, 0.29) is 5.78 Å². The molecule has 0 atom stereocenters. The lowest BCUT2D eigenvalue weighted by Gasteiger charge is -1.96. The van der Waals surface area contributed by atoms with Crippen molar-refractivity contribution in [3.8, 4) is 23.7 Å². The van der Waals surface area contributed by atoms with E-state index in [1.807, 2.05) is 36.4 Å². The SMILES string of the molecule is O=C(C#CCCCc1ccccc1)C#CCCCc1ccccc1. The van der Waals surface area contributed by atoms with Crippen molar-refractivity contribution in [2.75, 3.05) is 0 Å². The summed E-state index contributed by atoms with van der Waals surface area (Å²) < 4.78 is 0. The van der Waals surface area contributed by atoms with Crippen molar-refractivity contribution in [2.45, 2.75) is 38.5 Å². The maximum absolute atomic E-state index is 11.6. The molecule has 0 radical (unpaired) electrons. The molecule has 0 N–H and O–H groups in total. The zero-order chi connectivity index (χ0) is 16.9. The van der Waals surface area contributed by atoms with E-state index >= 15 is 0 Å². The Labute approximate surface area is 145 Å². The van der Waals surface area contributed by atoms with Gasteiger partial charge < -0.3 is 0 Å². The van der Waals surface area contributed by atoms with Gasteiger partial charge in [-0.2, -0.15) is 0 Å². The second-order valence-electron chi connectivity index (χ2n) is 5.61. The van der Waals surface area contributed by atoms with Gasteiger partial charge in [0.1, 0.15) is 0 Å². The lowest BCUT2D eigenvalue weighted by molar-refractivity contribution is -0.108. The van der Waals surface area contributed by atoms with Crippen LogP contribution in [0.5, 0.6) is 0 Å². The van der Waals surface area contributed by atoms with E-state index in [1.54, 1.807) is 0 Å². The molecule has 0 spiro atoms. The van der Waals surface area contributed by atoms with Crippen LogP contribution in [0.1, 0.15) is 36.8 Å². The summed E-state index contributed by atoms with van der Waals surface area (Å²) in [6.45, 7) is 0. The number of carbonyl (C=O) groups is 1. The first kappa shape index (κ1) is 17.6. The molecule has 24 heavy (non-hydrogen) atoms. The molecule has 1 heteroatoms. The molecule has 0 aliphatic rings. The average Bonchev–Trinajstić information content (AvgIpc) is 2.63. The molecule has 0 heterocycles. The van der Waals surface area contributed by atoms with Crippen molar-refractivity contribution in [3.63, 3.8) is 0 Å². The molecule has 0 aromatic heterocycles. The Morgan fingerprint density at radius 2 is 1.08 bits per heavy atom. The smallest absolute Gasteiger partial charge is 0.270 e. The van der Waals surface area contributed by atoms with Gasteiger partial charge in [-0.3, -0.25) is 4.79 Å². The first-order valence-electron chi connectivity index (χ1n) is 8.44. The zero-order valence-electron chi connectivity index (χ0n) is 13.9. The Morgan fingerprint density at radius 3 is 1.50 bits per heavy atom. The largest absolute Gasteiger partial charge is 0.279 e. The van der Waals surface area contributed by atoms with E-state index in [0.29, 0.717) is 0 Å². The quantitative estimate of drug-likeness (QED) is 0.432. The molecular formula is C23H22O. The highest BCUT2D eigenvalue weighted by Crippen LogP contribution is 2.04. The van der Waals surface area contributed by atoms with Crippen LogP contribution in [0.3, 0.4) is 0 Å². The Bertz CT molecular complexity index is 671. The minimum Gasteiger partial charge on any atom is -0.270 e. The van der Waals surface area contributed by atoms with Crippen LogP contribution >= 0.6 is 0 Å². The van der Waals surface area contributed by atoms with Crippen molar-refractivity contribution in [1.82, 2.24) is 0 Å². The Kier molecular flexibility index (Phi) is 7.97. The van der Waals surface area contributed by atoms with Gasteiger partial charge >= 0.3 is 0 Å². The minimum atomic E-state index is -0.269. The van der Waals surface area contributed by atoms with E-state index < -0.39 is 0 Å². The summed E-state index contributed by atoms with van der Waals surface area (Å²) in [5.74, 6) is 10.8. The average molecular weight is 314 g/mol. The van der Waals surface area contributed by atoms with E-state index in [2.05, 4.69) is 47.9 Å². The fraction of sp³-hybridized carbons (Fsp3) is 0.261. The van der Waals surface area contributed by atoms with Crippen LogP contribution in [0.4, 0.5) is 0 Å². The highest BCUT2D eigenvalue weighted by atomic mass is 16.1. The highest BCUT2D eigenvalue weighted by Gasteiger charge is 1.92. The number of rotatable bonds is 6. The number of ketones is 1. The lowest BCUT2D eigenvalue weighted by atomic mass is 10.1. The Balaban J connectivity index is 1.60. The molecule has 0 unspecified atom stereocenters. The van der Waals surface area contributed by atoms with Gasteiger partial charge in [0.15, 0.2) is 0 Å². The summed E-state index contributed by atoms with van der Waals surface area (Å²) >= 11 is 0. The first-order chi connectivity index (χ1) is 11.8. The van der Waals surface area contributed by atoms with Gasteiger partial charge in [0.2, 0.25) is 0 Å². The summed E-state index contributed by atoms with van der Waals surface area (Å²) in [6, 6.07) is 20.6. The summed E-state index contributed by atoms with van der Waals surface area (Å²) in [5, 5.41) is 0. The maximum atomic E-state index is 11.6. The third-order valence-corrected chi connectivity index (χ3v) is 3.62. The molecule has 0 bridgehead atoms. The van der Waals surface area contributed by atoms with Gasteiger partial charge in [0.25, 0.3) is 5.78 Å². The Hall–Kier alpha value is -2.77. The number of benzene rings is 2. The van der Waals surface area contributed by atoms with Crippen molar-refractivity contribution in [3.05, 3.63) is 71.8 Å². The first-order valence-corrected chi connectivity index (χ1v) is 8.44. The third-order valence-electron chi connectivity index (χ3n) is 3.62. The molecule has 2 aromatic rings. The van der Waals surface area contributed by atoms with Crippen molar-refractivity contribution < 1.29 is 4.79 Å². The van der Waals surface area contributed by atoms with E-state index in [9.17, 15) is 4.79 Å². The van der Waals surface area contributed by atoms with Gasteiger partial charge in [-0.1, -0.05) is 72.5 Å². The number of unbranched alkanes of at least 4 members (excludes halogenated alkanes) is 2. The van der Waals surface area contributed by atoms with Crippen LogP contribution in [0.2, 0.25) is 0 Å². The summed E-state index contributed by atoms with van der Waals surface area (Å²) in [4.78, 5) is 11.6. The van der Waals surface area contributed by atoms with Gasteiger partial charge in [-0.15, -0.1) is 0 Å². The molecule has 2 aromatic carbocycles. The van der Waals surface area contributed by atoms with E-state index in [0.717, 1.165) is 38.5 Å². The monoisotopic (exact) mass is 314 g/mol. The predicted molar refractivity (Wildman–Crippen MR) is 99.3 cm³/mol. The summed E-state index contributed by atoms with van der Waals surface area (Å²) in [6.07, 6.45) is 5.39. The fourth-order valence-electron chi connectivity index (χ4n) is 2.37. The molecule has 0 aliphatic heterocycles. The second-order valence-corrected chi connectivity index (χ2v) is 5.61. The van der Waals surface area contributed by atoms with Crippen molar-refractivity contribution >= 4 is 5.78 Å². The summed E-state index contributed by atoms with van der Waals surface area (Å²) in [5.41, 5.74) is 2.62. The number of hydrogen-bond donors (Lipinski definition) is 0. The molecular weight excluding hydrogens is 292 g/mol. The molecule has 0 aliphatic carbocycles. The van der Waals surface area contributed by atoms with Crippen LogP contribution in [-0.2, 0) is 17.6 Å². The van der Waals surface area contributed by atoms with Gasteiger partial charge in [-0.25, -0.2) is 0 Å². The van der Waals surface area contributed by atoms with Crippen LogP contribution in [-0.4, -0.2) is 5.78 Å². The molecule has 2 rings (SSSR count). The van der Waals surface area contributed by atoms with Crippen LogP contribution in [0.25, 0.3) is 0 Å². The van der Waals surface area contributed by atoms with Gasteiger partial charge in [0.05, 0.1) is 0 Å². The second kappa shape index (κ2) is 10.9. The topological polar surface area (TPSA) is 17.1 Å². The van der Waals surface area contributed by atoms with Crippen LogP contribution < -0.4 is 0 Å². The molecule has 1 nitrogen and oxygen atoms in total. The van der Waals surface area contributed by atoms with Crippen molar-refractivity contribution in [2.24, 2.45) is 0 Å². The number of Topliss-reactive ketones (excluding diaryl/α,β-unsaturated/α-hetero) is 1. The number of carbonyl (C=O) groups excluding carboxylic acids is 1. The van der Waals surface area contributed by atoms with Gasteiger partial charge in [-0.05, 0) is 48.7 Å². The van der Waals surface area contributed by atoms with Crippen molar-refractivity contribution in [1.29, 1.82) is 0 Å². The molecule has 0 amide bonds.